The van der Waals surface area contributed by atoms with E-state index in [4.69, 9.17) is 4.42 Å². The number of rotatable bonds is 7. The largest absolute Gasteiger partial charge is 0.468 e. The van der Waals surface area contributed by atoms with Crippen LogP contribution in [0.1, 0.15) is 42.8 Å². The number of hydrogen-bond acceptors (Lipinski definition) is 5. The highest BCUT2D eigenvalue weighted by Crippen LogP contribution is 2.40. The van der Waals surface area contributed by atoms with Crippen LogP contribution in [0.15, 0.2) is 76.2 Å². The predicted octanol–water partition coefficient (Wildman–Crippen LogP) is 4.51. The van der Waals surface area contributed by atoms with Crippen LogP contribution in [0.4, 0.5) is 11.4 Å². The second-order valence-electron chi connectivity index (χ2n) is 8.05. The molecule has 1 unspecified atom stereocenters. The molecule has 7 nitrogen and oxygen atoms in total. The Bertz CT molecular complexity index is 1230. The van der Waals surface area contributed by atoms with E-state index in [0.717, 1.165) is 19.3 Å². The van der Waals surface area contributed by atoms with E-state index in [2.05, 4.69) is 12.2 Å². The van der Waals surface area contributed by atoms with Gasteiger partial charge in [-0.15, -0.1) is 0 Å². The Hall–Kier alpha value is -3.39. The van der Waals surface area contributed by atoms with Gasteiger partial charge in [0.1, 0.15) is 17.6 Å². The Morgan fingerprint density at radius 3 is 2.55 bits per heavy atom. The number of benzene rings is 2. The van der Waals surface area contributed by atoms with Crippen LogP contribution < -0.4 is 10.2 Å². The van der Waals surface area contributed by atoms with Crippen LogP contribution in [-0.4, -0.2) is 26.8 Å². The molecule has 0 aliphatic carbocycles. The van der Waals surface area contributed by atoms with Crippen molar-refractivity contribution in [2.24, 2.45) is 0 Å². The maximum atomic E-state index is 13.4. The molecule has 0 saturated heterocycles. The number of unbranched alkanes of at least 4 members (excludes halogenated alkanes) is 1. The van der Waals surface area contributed by atoms with Crippen molar-refractivity contribution >= 4 is 33.0 Å². The van der Waals surface area contributed by atoms with Crippen LogP contribution in [0.2, 0.25) is 0 Å². The summed E-state index contributed by atoms with van der Waals surface area (Å²) in [6, 6.07) is 17.0. The van der Waals surface area contributed by atoms with Gasteiger partial charge in [-0.2, -0.15) is 0 Å². The lowest BCUT2D eigenvalue weighted by Crippen LogP contribution is -2.38. The Kier molecular flexibility index (Phi) is 6.65. The lowest BCUT2D eigenvalue weighted by molar-refractivity contribution is -0.121. The predicted molar refractivity (Wildman–Crippen MR) is 126 cm³/mol. The Labute approximate surface area is 193 Å². The minimum absolute atomic E-state index is 0.00493. The molecule has 2 heterocycles. The van der Waals surface area contributed by atoms with Crippen molar-refractivity contribution in [3.63, 3.8) is 0 Å². The molecule has 1 atom stereocenters. The quantitative estimate of drug-likeness (QED) is 0.553. The zero-order valence-corrected chi connectivity index (χ0v) is 19.2. The lowest BCUT2D eigenvalue weighted by atomic mass is 10.1. The third-order valence-electron chi connectivity index (χ3n) is 5.72. The van der Waals surface area contributed by atoms with E-state index in [1.807, 2.05) is 24.3 Å². The third kappa shape index (κ3) is 4.85. The second kappa shape index (κ2) is 9.62. The van der Waals surface area contributed by atoms with Gasteiger partial charge >= 0.3 is 0 Å². The molecule has 2 amide bonds. The van der Waals surface area contributed by atoms with Gasteiger partial charge < -0.3 is 14.6 Å². The average molecular weight is 467 g/mol. The van der Waals surface area contributed by atoms with Gasteiger partial charge in [-0.05, 0) is 54.8 Å². The Balaban J connectivity index is 1.57. The van der Waals surface area contributed by atoms with E-state index >= 15 is 0 Å². The number of fused-ring (bicyclic) bond motifs is 1. The fraction of sp³-hybridized carbons (Fsp3) is 0.280. The summed E-state index contributed by atoms with van der Waals surface area (Å²) in [7, 11) is -3.90. The molecule has 4 rings (SSSR count). The first-order chi connectivity index (χ1) is 15.9. The maximum absolute atomic E-state index is 13.4. The molecular weight excluding hydrogens is 440 g/mol. The van der Waals surface area contributed by atoms with Crippen molar-refractivity contribution in [1.82, 2.24) is 0 Å². The fourth-order valence-electron chi connectivity index (χ4n) is 3.97. The molecule has 8 heteroatoms. The van der Waals surface area contributed by atoms with Gasteiger partial charge in [-0.3, -0.25) is 9.59 Å². The number of para-hydroxylation sites is 1. The van der Waals surface area contributed by atoms with Crippen LogP contribution in [0.3, 0.4) is 0 Å². The number of nitrogens with one attached hydrogen (secondary N) is 1. The standard InChI is InChI=1S/C25H26N2O5S/c1-2-3-7-18-11-13-19(14-12-18)26-24(28)17-27-20-8-4-5-10-22(20)33(30,31)23(16-25(27)29)21-9-6-15-32-21/h4-6,8-15,23H,2-3,7,16-17H2,1H3,(H,26,28). The minimum Gasteiger partial charge on any atom is -0.468 e. The molecule has 0 saturated carbocycles. The van der Waals surface area contributed by atoms with E-state index in [1.165, 1.54) is 22.8 Å². The molecule has 1 aromatic heterocycles. The maximum Gasteiger partial charge on any atom is 0.244 e. The van der Waals surface area contributed by atoms with E-state index in [1.54, 1.807) is 30.3 Å². The molecule has 0 bridgehead atoms. The number of furan rings is 1. The monoisotopic (exact) mass is 466 g/mol. The van der Waals surface area contributed by atoms with Crippen molar-refractivity contribution in [2.75, 3.05) is 16.8 Å². The zero-order valence-electron chi connectivity index (χ0n) is 18.4. The number of anilines is 2. The molecule has 33 heavy (non-hydrogen) atoms. The molecule has 172 valence electrons. The number of carbonyl (C=O) groups excluding carboxylic acids is 2. The lowest BCUT2D eigenvalue weighted by Gasteiger charge is -2.21. The van der Waals surface area contributed by atoms with Gasteiger partial charge in [0.15, 0.2) is 9.84 Å². The normalized spacial score (nSPS) is 17.3. The van der Waals surface area contributed by atoms with Gasteiger partial charge in [0.2, 0.25) is 11.8 Å². The summed E-state index contributed by atoms with van der Waals surface area (Å²) in [5.74, 6) is -0.670. The summed E-state index contributed by atoms with van der Waals surface area (Å²) in [5, 5.41) is 1.65. The van der Waals surface area contributed by atoms with Gasteiger partial charge in [-0.1, -0.05) is 37.6 Å². The summed E-state index contributed by atoms with van der Waals surface area (Å²) in [4.78, 5) is 27.2. The number of carbonyl (C=O) groups is 2. The Morgan fingerprint density at radius 1 is 1.09 bits per heavy atom. The van der Waals surface area contributed by atoms with E-state index in [9.17, 15) is 18.0 Å². The van der Waals surface area contributed by atoms with Crippen LogP contribution in [0.25, 0.3) is 0 Å². The first-order valence-electron chi connectivity index (χ1n) is 11.0. The van der Waals surface area contributed by atoms with Gasteiger partial charge in [0.05, 0.1) is 23.3 Å². The first kappa shape index (κ1) is 22.8. The van der Waals surface area contributed by atoms with E-state index < -0.39 is 26.9 Å². The molecule has 0 spiro atoms. The molecule has 1 N–H and O–H groups in total. The van der Waals surface area contributed by atoms with Crippen LogP contribution >= 0.6 is 0 Å². The molecule has 3 aromatic rings. The molecule has 0 radical (unpaired) electrons. The molecule has 0 fully saturated rings. The van der Waals surface area contributed by atoms with E-state index in [0.29, 0.717) is 5.69 Å². The highest BCUT2D eigenvalue weighted by molar-refractivity contribution is 7.91. The summed E-state index contributed by atoms with van der Waals surface area (Å²) in [5.41, 5.74) is 2.01. The summed E-state index contributed by atoms with van der Waals surface area (Å²) in [6.45, 7) is 1.84. The highest BCUT2D eigenvalue weighted by atomic mass is 32.2. The van der Waals surface area contributed by atoms with Gasteiger partial charge in [-0.25, -0.2) is 8.42 Å². The average Bonchev–Trinajstić information content (AvgIpc) is 3.32. The van der Waals surface area contributed by atoms with E-state index in [-0.39, 0.29) is 29.3 Å². The summed E-state index contributed by atoms with van der Waals surface area (Å²) < 4.78 is 32.0. The first-order valence-corrected chi connectivity index (χ1v) is 12.5. The van der Waals surface area contributed by atoms with Crippen molar-refractivity contribution in [3.8, 4) is 0 Å². The minimum atomic E-state index is -3.90. The van der Waals surface area contributed by atoms with Gasteiger partial charge in [0.25, 0.3) is 0 Å². The zero-order chi connectivity index (χ0) is 23.4. The molecule has 1 aliphatic heterocycles. The van der Waals surface area contributed by atoms with Crippen molar-refractivity contribution in [1.29, 1.82) is 0 Å². The second-order valence-corrected chi connectivity index (χ2v) is 10.1. The molecule has 2 aromatic carbocycles. The smallest absolute Gasteiger partial charge is 0.244 e. The van der Waals surface area contributed by atoms with Crippen LogP contribution in [0.5, 0.6) is 0 Å². The SMILES string of the molecule is CCCCc1ccc(NC(=O)CN2C(=O)CC(c3ccco3)S(=O)(=O)c3ccccc32)cc1. The topological polar surface area (TPSA) is 96.7 Å². The number of hydrogen-bond donors (Lipinski definition) is 1. The van der Waals surface area contributed by atoms with Crippen LogP contribution in [0, 0.1) is 0 Å². The van der Waals surface area contributed by atoms with Crippen LogP contribution in [-0.2, 0) is 25.8 Å². The van der Waals surface area contributed by atoms with Crippen molar-refractivity contribution in [3.05, 3.63) is 78.3 Å². The van der Waals surface area contributed by atoms with Crippen molar-refractivity contribution < 1.29 is 22.4 Å². The number of sulfone groups is 1. The number of nitrogens with zero attached hydrogens (tertiary/aromatic N) is 1. The Morgan fingerprint density at radius 2 is 1.85 bits per heavy atom. The number of aryl methyl sites for hydroxylation is 1. The number of amides is 2. The fourth-order valence-corrected chi connectivity index (χ4v) is 5.81. The third-order valence-corrected chi connectivity index (χ3v) is 7.82. The highest BCUT2D eigenvalue weighted by Gasteiger charge is 2.41. The van der Waals surface area contributed by atoms with Crippen molar-refractivity contribution in [2.45, 2.75) is 42.8 Å². The molecule has 1 aliphatic rings. The molecular formula is C25H26N2O5S. The summed E-state index contributed by atoms with van der Waals surface area (Å²) >= 11 is 0. The summed E-state index contributed by atoms with van der Waals surface area (Å²) in [6.07, 6.45) is 4.26. The van der Waals surface area contributed by atoms with Gasteiger partial charge in [0, 0.05) is 5.69 Å².